The number of carbonyl (C=O) groups is 1. The van der Waals surface area contributed by atoms with Crippen LogP contribution in [0.25, 0.3) is 0 Å². The molecule has 86 valence electrons. The average molecular weight is 232 g/mol. The van der Waals surface area contributed by atoms with Gasteiger partial charge >= 0.3 is 6.18 Å². The van der Waals surface area contributed by atoms with Crippen LogP contribution in [0.1, 0.15) is 27.7 Å². The molecule has 1 atom stereocenters. The molecule has 0 aliphatic carbocycles. The zero-order chi connectivity index (χ0) is 11.9. The van der Waals surface area contributed by atoms with Crippen LogP contribution >= 0.6 is 0 Å². The van der Waals surface area contributed by atoms with E-state index in [1.165, 1.54) is 6.20 Å². The molecule has 0 saturated carbocycles. The molecule has 1 aliphatic rings. The van der Waals surface area contributed by atoms with E-state index in [-0.39, 0.29) is 17.9 Å². The summed E-state index contributed by atoms with van der Waals surface area (Å²) >= 11 is 0. The van der Waals surface area contributed by atoms with E-state index >= 15 is 0 Å². The summed E-state index contributed by atoms with van der Waals surface area (Å²) in [6, 6.07) is 1.03. The van der Waals surface area contributed by atoms with Crippen LogP contribution in [0.4, 0.5) is 13.2 Å². The number of aromatic nitrogens is 1. The second-order valence-electron chi connectivity index (χ2n) is 3.37. The number of alkyl halides is 3. The summed E-state index contributed by atoms with van der Waals surface area (Å²) in [6.07, 6.45) is -5.31. The number of ether oxygens (including phenoxy) is 1. The van der Waals surface area contributed by atoms with Gasteiger partial charge < -0.3 is 10.5 Å². The Hall–Kier alpha value is -1.63. The lowest BCUT2D eigenvalue weighted by atomic mass is 10.1. The number of hydrogen-bond acceptors (Lipinski definition) is 3. The van der Waals surface area contributed by atoms with Gasteiger partial charge in [0.05, 0.1) is 6.61 Å². The minimum atomic E-state index is -4.50. The quantitative estimate of drug-likeness (QED) is 0.793. The molecule has 0 aromatic carbocycles. The molecule has 0 spiro atoms. The van der Waals surface area contributed by atoms with Gasteiger partial charge in [-0.25, -0.2) is 0 Å². The molecule has 1 unspecified atom stereocenters. The first kappa shape index (κ1) is 10.9. The molecule has 2 N–H and O–H groups in total. The van der Waals surface area contributed by atoms with Crippen molar-refractivity contribution >= 4 is 5.91 Å². The Kier molecular flexibility index (Phi) is 2.34. The fraction of sp³-hybridized carbons (Fsp3) is 0.333. The van der Waals surface area contributed by atoms with E-state index in [0.29, 0.717) is 5.56 Å². The van der Waals surface area contributed by atoms with Crippen molar-refractivity contribution in [2.45, 2.75) is 18.9 Å². The summed E-state index contributed by atoms with van der Waals surface area (Å²) in [5.74, 6) is -0.865. The molecule has 1 aromatic rings. The smallest absolute Gasteiger partial charge is 0.364 e. The minimum absolute atomic E-state index is 0.0868. The van der Waals surface area contributed by atoms with Crippen LogP contribution in [0.2, 0.25) is 0 Å². The predicted octanol–water partition coefficient (Wildman–Crippen LogP) is 1.31. The van der Waals surface area contributed by atoms with E-state index in [0.717, 1.165) is 6.07 Å². The Morgan fingerprint density at radius 3 is 2.81 bits per heavy atom. The first-order chi connectivity index (χ1) is 7.39. The van der Waals surface area contributed by atoms with Crippen LogP contribution in [0.15, 0.2) is 12.3 Å². The predicted molar refractivity (Wildman–Crippen MR) is 46.3 cm³/mol. The molecule has 0 bridgehead atoms. The molecule has 16 heavy (non-hydrogen) atoms. The highest BCUT2D eigenvalue weighted by atomic mass is 19.4. The number of hydrogen-bond donors (Lipinski definition) is 1. The molecule has 0 saturated heterocycles. The molecule has 1 amide bonds. The summed E-state index contributed by atoms with van der Waals surface area (Å²) < 4.78 is 42.1. The molecule has 1 aromatic heterocycles. The monoisotopic (exact) mass is 232 g/mol. The highest BCUT2D eigenvalue weighted by Gasteiger charge is 2.46. The first-order valence-electron chi connectivity index (χ1n) is 4.36. The van der Waals surface area contributed by atoms with Gasteiger partial charge in [-0.2, -0.15) is 13.2 Å². The number of nitrogens with two attached hydrogens (primary N) is 1. The lowest BCUT2D eigenvalue weighted by Crippen LogP contribution is -2.21. The van der Waals surface area contributed by atoms with Gasteiger partial charge in [-0.1, -0.05) is 0 Å². The van der Waals surface area contributed by atoms with Crippen molar-refractivity contribution in [2.24, 2.45) is 5.73 Å². The first-order valence-corrected chi connectivity index (χ1v) is 4.36. The second-order valence-corrected chi connectivity index (χ2v) is 3.37. The number of halogens is 3. The van der Waals surface area contributed by atoms with E-state index in [4.69, 9.17) is 5.73 Å². The van der Waals surface area contributed by atoms with E-state index in [9.17, 15) is 18.0 Å². The van der Waals surface area contributed by atoms with Crippen molar-refractivity contribution in [1.29, 1.82) is 0 Å². The molecule has 4 nitrogen and oxygen atoms in total. The van der Waals surface area contributed by atoms with Gasteiger partial charge in [0.2, 0.25) is 0 Å². The maximum Gasteiger partial charge on any atom is 0.418 e. The van der Waals surface area contributed by atoms with Crippen molar-refractivity contribution in [1.82, 2.24) is 4.98 Å². The maximum atomic E-state index is 12.5. The zero-order valence-electron chi connectivity index (χ0n) is 7.91. The minimum Gasteiger partial charge on any atom is -0.364 e. The van der Waals surface area contributed by atoms with Crippen LogP contribution in [-0.4, -0.2) is 17.1 Å². The summed E-state index contributed by atoms with van der Waals surface area (Å²) in [5.41, 5.74) is 4.98. The van der Waals surface area contributed by atoms with E-state index < -0.39 is 18.2 Å². The van der Waals surface area contributed by atoms with E-state index in [1.807, 2.05) is 0 Å². The van der Waals surface area contributed by atoms with Crippen molar-refractivity contribution < 1.29 is 22.7 Å². The van der Waals surface area contributed by atoms with Gasteiger partial charge in [-0.05, 0) is 11.6 Å². The van der Waals surface area contributed by atoms with Crippen molar-refractivity contribution in [3.8, 4) is 0 Å². The summed E-state index contributed by atoms with van der Waals surface area (Å²) in [4.78, 5) is 14.4. The average Bonchev–Trinajstić information content (AvgIpc) is 2.58. The van der Waals surface area contributed by atoms with Gasteiger partial charge in [-0.3, -0.25) is 9.78 Å². The molecule has 2 rings (SSSR count). The topological polar surface area (TPSA) is 65.2 Å². The Morgan fingerprint density at radius 2 is 2.25 bits per heavy atom. The van der Waals surface area contributed by atoms with Gasteiger partial charge in [0.15, 0.2) is 6.10 Å². The third-order valence-corrected chi connectivity index (χ3v) is 2.26. The van der Waals surface area contributed by atoms with Crippen LogP contribution in [0, 0.1) is 0 Å². The molecule has 1 aliphatic heterocycles. The standard InChI is InChI=1S/C9H7F3N2O2/c10-9(11,12)7-5-1-6(8(13)15)14-2-4(5)3-16-7/h1-2,7H,3H2,(H2,13,15). The molecule has 0 fully saturated rings. The third kappa shape index (κ3) is 1.73. The number of primary amides is 1. The molecule has 7 heteroatoms. The van der Waals surface area contributed by atoms with E-state index in [1.54, 1.807) is 0 Å². The van der Waals surface area contributed by atoms with Gasteiger partial charge in [0.25, 0.3) is 5.91 Å². The number of carbonyl (C=O) groups excluding carboxylic acids is 1. The largest absolute Gasteiger partial charge is 0.418 e. The fourth-order valence-corrected chi connectivity index (χ4v) is 1.53. The van der Waals surface area contributed by atoms with Crippen molar-refractivity contribution in [3.05, 3.63) is 29.1 Å². The molecule has 2 heterocycles. The lowest BCUT2D eigenvalue weighted by Gasteiger charge is -2.14. The van der Waals surface area contributed by atoms with Gasteiger partial charge in [-0.15, -0.1) is 0 Å². The van der Waals surface area contributed by atoms with E-state index in [2.05, 4.69) is 9.72 Å². The summed E-state index contributed by atoms with van der Waals surface area (Å²) in [6.45, 7) is -0.161. The summed E-state index contributed by atoms with van der Waals surface area (Å²) in [7, 11) is 0. The Balaban J connectivity index is 2.45. The number of rotatable bonds is 1. The molecule has 0 radical (unpaired) electrons. The number of pyridine rings is 1. The van der Waals surface area contributed by atoms with Crippen LogP contribution in [-0.2, 0) is 11.3 Å². The zero-order valence-corrected chi connectivity index (χ0v) is 7.91. The molecular weight excluding hydrogens is 225 g/mol. The highest BCUT2D eigenvalue weighted by Crippen LogP contribution is 2.42. The Morgan fingerprint density at radius 1 is 1.56 bits per heavy atom. The second kappa shape index (κ2) is 3.44. The number of fused-ring (bicyclic) bond motifs is 1. The highest BCUT2D eigenvalue weighted by molar-refractivity contribution is 5.91. The number of nitrogens with zero attached hydrogens (tertiary/aromatic N) is 1. The van der Waals surface area contributed by atoms with Crippen molar-refractivity contribution in [2.75, 3.05) is 0 Å². The maximum absolute atomic E-state index is 12.5. The third-order valence-electron chi connectivity index (χ3n) is 2.26. The Labute approximate surface area is 88.2 Å². The number of amides is 1. The van der Waals surface area contributed by atoms with Crippen LogP contribution in [0.3, 0.4) is 0 Å². The molecular formula is C9H7F3N2O2. The van der Waals surface area contributed by atoms with Crippen LogP contribution < -0.4 is 5.73 Å². The lowest BCUT2D eigenvalue weighted by molar-refractivity contribution is -0.219. The SMILES string of the molecule is NC(=O)c1cc2c(cn1)COC2C(F)(F)F. The summed E-state index contributed by atoms with van der Waals surface area (Å²) in [5, 5.41) is 0. The van der Waals surface area contributed by atoms with Gasteiger partial charge in [0, 0.05) is 11.8 Å². The normalized spacial score (nSPS) is 19.6. The van der Waals surface area contributed by atoms with Gasteiger partial charge in [0.1, 0.15) is 5.69 Å². The van der Waals surface area contributed by atoms with Crippen molar-refractivity contribution in [3.63, 3.8) is 0 Å². The fourth-order valence-electron chi connectivity index (χ4n) is 1.53. The Bertz CT molecular complexity index is 445. The van der Waals surface area contributed by atoms with Crippen LogP contribution in [0.5, 0.6) is 0 Å².